The van der Waals surface area contributed by atoms with E-state index in [9.17, 15) is 19.0 Å². The second-order valence-electron chi connectivity index (χ2n) is 17.0. The molecule has 0 spiro atoms. The van der Waals surface area contributed by atoms with Crippen molar-refractivity contribution in [3.63, 3.8) is 0 Å². The zero-order chi connectivity index (χ0) is 43.9. The number of carbonyl (C=O) groups is 2. The highest BCUT2D eigenvalue weighted by molar-refractivity contribution is 7.47. The zero-order valence-electron chi connectivity index (χ0n) is 39.2. The molecule has 0 aliphatic carbocycles. The van der Waals surface area contributed by atoms with Crippen LogP contribution in [0, 0.1) is 0 Å². The molecule has 0 aliphatic heterocycles. The molecule has 60 heavy (non-hydrogen) atoms. The number of carbonyl (C=O) groups excluding carboxylic acids is 2. The molecular weight excluding hydrogens is 774 g/mol. The maximum absolute atomic E-state index is 12.6. The molecule has 0 aromatic heterocycles. The molecule has 0 aromatic carbocycles. The Labute approximate surface area is 370 Å². The fourth-order valence-electron chi connectivity index (χ4n) is 7.32. The van der Waals surface area contributed by atoms with Gasteiger partial charge in [-0.1, -0.05) is 224 Å². The van der Waals surface area contributed by atoms with Crippen LogP contribution in [-0.4, -0.2) is 49.3 Å². The fourth-order valence-corrected chi connectivity index (χ4v) is 8.09. The van der Waals surface area contributed by atoms with Crippen LogP contribution in [0.1, 0.15) is 251 Å². The molecule has 1 unspecified atom stereocenters. The summed E-state index contributed by atoms with van der Waals surface area (Å²) in [5.74, 6) is -0.868. The van der Waals surface area contributed by atoms with Crippen LogP contribution < -0.4 is 5.73 Å². The first-order valence-electron chi connectivity index (χ1n) is 25.3. The Morgan fingerprint density at radius 1 is 0.500 bits per heavy atom. The zero-order valence-corrected chi connectivity index (χ0v) is 40.1. The molecule has 10 heteroatoms. The molecule has 0 saturated carbocycles. The SMILES string of the molecule is CCCCCCCCCCC/C=C/C/C=C/CCCC(=O)O[C@H](COC(=O)CCCCCCCCCCCCCCCCCCCCCCCC)COP(=O)(O)OCCN. The van der Waals surface area contributed by atoms with Gasteiger partial charge < -0.3 is 20.1 Å². The van der Waals surface area contributed by atoms with Crippen LogP contribution in [0.25, 0.3) is 0 Å². The van der Waals surface area contributed by atoms with E-state index in [2.05, 4.69) is 38.2 Å². The average Bonchev–Trinajstić information content (AvgIpc) is 3.24. The van der Waals surface area contributed by atoms with E-state index in [1.54, 1.807) is 0 Å². The average molecular weight is 870 g/mol. The predicted molar refractivity (Wildman–Crippen MR) is 252 cm³/mol. The molecule has 0 fully saturated rings. The Balaban J connectivity index is 4.05. The monoisotopic (exact) mass is 870 g/mol. The van der Waals surface area contributed by atoms with E-state index in [1.165, 1.54) is 180 Å². The van der Waals surface area contributed by atoms with Crippen molar-refractivity contribution >= 4 is 19.8 Å². The van der Waals surface area contributed by atoms with Gasteiger partial charge in [-0.05, 0) is 38.5 Å². The summed E-state index contributed by atoms with van der Waals surface area (Å²) in [7, 11) is -4.39. The Bertz CT molecular complexity index is 1040. The summed E-state index contributed by atoms with van der Waals surface area (Å²) in [6, 6.07) is 0. The maximum atomic E-state index is 12.6. The van der Waals surface area contributed by atoms with Crippen molar-refractivity contribution in [3.05, 3.63) is 24.3 Å². The second-order valence-corrected chi connectivity index (χ2v) is 18.5. The molecule has 0 amide bonds. The van der Waals surface area contributed by atoms with Crippen molar-refractivity contribution in [2.24, 2.45) is 5.73 Å². The Kier molecular flexibility index (Phi) is 45.8. The quantitative estimate of drug-likeness (QED) is 0.0265. The van der Waals surface area contributed by atoms with Crippen LogP contribution in [0.3, 0.4) is 0 Å². The molecule has 0 saturated heterocycles. The van der Waals surface area contributed by atoms with E-state index in [4.69, 9.17) is 24.3 Å². The first-order valence-corrected chi connectivity index (χ1v) is 26.8. The number of esters is 2. The first kappa shape index (κ1) is 58.5. The summed E-state index contributed by atoms with van der Waals surface area (Å²) in [5.41, 5.74) is 5.36. The van der Waals surface area contributed by atoms with Crippen LogP contribution in [0.15, 0.2) is 24.3 Å². The summed E-state index contributed by atoms with van der Waals surface area (Å²) >= 11 is 0. The van der Waals surface area contributed by atoms with Gasteiger partial charge in [0.05, 0.1) is 13.2 Å². The maximum Gasteiger partial charge on any atom is 0.472 e. The van der Waals surface area contributed by atoms with Gasteiger partial charge in [0.25, 0.3) is 0 Å². The summed E-state index contributed by atoms with van der Waals surface area (Å²) in [5, 5.41) is 0. The van der Waals surface area contributed by atoms with E-state index in [0.29, 0.717) is 6.42 Å². The lowest BCUT2D eigenvalue weighted by Crippen LogP contribution is -2.29. The van der Waals surface area contributed by atoms with Crippen molar-refractivity contribution in [3.8, 4) is 0 Å². The van der Waals surface area contributed by atoms with E-state index < -0.39 is 26.5 Å². The van der Waals surface area contributed by atoms with Gasteiger partial charge in [0, 0.05) is 19.4 Å². The van der Waals surface area contributed by atoms with Gasteiger partial charge in [-0.25, -0.2) is 4.57 Å². The van der Waals surface area contributed by atoms with Gasteiger partial charge in [0.15, 0.2) is 6.10 Å². The van der Waals surface area contributed by atoms with Gasteiger partial charge in [0.2, 0.25) is 0 Å². The summed E-state index contributed by atoms with van der Waals surface area (Å²) < 4.78 is 32.8. The normalized spacial score (nSPS) is 13.3. The lowest BCUT2D eigenvalue weighted by molar-refractivity contribution is -0.161. The van der Waals surface area contributed by atoms with Gasteiger partial charge >= 0.3 is 19.8 Å². The third-order valence-electron chi connectivity index (χ3n) is 11.1. The largest absolute Gasteiger partial charge is 0.472 e. The van der Waals surface area contributed by atoms with E-state index in [0.717, 1.165) is 38.5 Å². The second kappa shape index (κ2) is 47.0. The summed E-state index contributed by atoms with van der Waals surface area (Å²) in [6.07, 6.45) is 52.3. The summed E-state index contributed by atoms with van der Waals surface area (Å²) in [4.78, 5) is 35.0. The van der Waals surface area contributed by atoms with Crippen LogP contribution in [0.4, 0.5) is 0 Å². The van der Waals surface area contributed by atoms with Crippen LogP contribution in [0.5, 0.6) is 0 Å². The van der Waals surface area contributed by atoms with Crippen LogP contribution in [0.2, 0.25) is 0 Å². The van der Waals surface area contributed by atoms with Crippen LogP contribution >= 0.6 is 7.82 Å². The molecule has 0 aromatic rings. The highest BCUT2D eigenvalue weighted by Crippen LogP contribution is 2.43. The number of phosphoric ester groups is 1. The number of ether oxygens (including phenoxy) is 2. The lowest BCUT2D eigenvalue weighted by Gasteiger charge is -2.19. The number of nitrogens with two attached hydrogens (primary N) is 1. The molecule has 2 atom stereocenters. The molecule has 354 valence electrons. The van der Waals surface area contributed by atoms with Gasteiger partial charge in [0.1, 0.15) is 6.61 Å². The first-order chi connectivity index (χ1) is 29.3. The molecule has 0 bridgehead atoms. The van der Waals surface area contributed by atoms with Crippen molar-refractivity contribution in [1.29, 1.82) is 0 Å². The predicted octanol–water partition coefficient (Wildman–Crippen LogP) is 15.1. The number of hydrogen-bond donors (Lipinski definition) is 2. The smallest absolute Gasteiger partial charge is 0.462 e. The van der Waals surface area contributed by atoms with Crippen LogP contribution in [-0.2, 0) is 32.7 Å². The topological polar surface area (TPSA) is 134 Å². The fraction of sp³-hybridized carbons (Fsp3) is 0.880. The lowest BCUT2D eigenvalue weighted by atomic mass is 10.0. The Morgan fingerprint density at radius 2 is 0.883 bits per heavy atom. The number of allylic oxidation sites excluding steroid dienone is 4. The highest BCUT2D eigenvalue weighted by atomic mass is 31.2. The minimum Gasteiger partial charge on any atom is -0.462 e. The Morgan fingerprint density at radius 3 is 1.32 bits per heavy atom. The van der Waals surface area contributed by atoms with Crippen molar-refractivity contribution in [2.45, 2.75) is 258 Å². The van der Waals surface area contributed by atoms with E-state index in [-0.39, 0.29) is 38.6 Å². The molecule has 0 rings (SSSR count). The third kappa shape index (κ3) is 46.0. The van der Waals surface area contributed by atoms with Crippen molar-refractivity contribution in [1.82, 2.24) is 0 Å². The number of hydrogen-bond acceptors (Lipinski definition) is 8. The molecular formula is C50H96NO8P. The third-order valence-corrected chi connectivity index (χ3v) is 12.1. The molecule has 0 radical (unpaired) electrons. The standard InChI is InChI=1S/C50H96NO8P/c1-3-5-7-9-11-13-15-17-19-21-22-23-24-25-27-28-30-32-34-36-38-40-42-49(52)56-46-48(47-58-60(54,55)57-45-44-51)59-50(53)43-41-39-37-35-33-31-29-26-20-18-16-14-12-10-8-6-4-2/h29,31,35,37,48H,3-28,30,32-34,36,38-47,51H2,1-2H3,(H,54,55)/b31-29+,37-35+/t48-/m1/s1. The highest BCUT2D eigenvalue weighted by Gasteiger charge is 2.26. The van der Waals surface area contributed by atoms with Gasteiger partial charge in [-0.15, -0.1) is 0 Å². The molecule has 3 N–H and O–H groups in total. The number of rotatable bonds is 48. The minimum atomic E-state index is -4.39. The minimum absolute atomic E-state index is 0.0492. The van der Waals surface area contributed by atoms with E-state index in [1.807, 2.05) is 0 Å². The molecule has 9 nitrogen and oxygen atoms in total. The molecule has 0 heterocycles. The van der Waals surface area contributed by atoms with Crippen molar-refractivity contribution in [2.75, 3.05) is 26.4 Å². The summed E-state index contributed by atoms with van der Waals surface area (Å²) in [6.45, 7) is 3.73. The number of phosphoric acid groups is 1. The van der Waals surface area contributed by atoms with Gasteiger partial charge in [-0.2, -0.15) is 0 Å². The van der Waals surface area contributed by atoms with Crippen molar-refractivity contribution < 1.29 is 37.6 Å². The number of unbranched alkanes of at least 4 members (excludes halogenated alkanes) is 31. The van der Waals surface area contributed by atoms with E-state index >= 15 is 0 Å². The van der Waals surface area contributed by atoms with Gasteiger partial charge in [-0.3, -0.25) is 18.6 Å². The molecule has 0 aliphatic rings. The Hall–Kier alpha value is -1.51.